The summed E-state index contributed by atoms with van der Waals surface area (Å²) in [7, 11) is 4.01. The van der Waals surface area contributed by atoms with Gasteiger partial charge >= 0.3 is 0 Å². The molecule has 1 unspecified atom stereocenters. The van der Waals surface area contributed by atoms with Gasteiger partial charge in [-0.2, -0.15) is 11.8 Å². The first-order valence-corrected chi connectivity index (χ1v) is 10.3. The van der Waals surface area contributed by atoms with Crippen LogP contribution in [-0.4, -0.2) is 86.7 Å². The zero-order valence-corrected chi connectivity index (χ0v) is 16.1. The number of carbonyl (C=O) groups is 1. The molecule has 2 aliphatic heterocycles. The van der Waals surface area contributed by atoms with Crippen molar-refractivity contribution in [3.05, 3.63) is 29.8 Å². The molecular formula is C19H29N3O2S. The summed E-state index contributed by atoms with van der Waals surface area (Å²) < 4.78 is 5.46. The van der Waals surface area contributed by atoms with Crippen molar-refractivity contribution >= 4 is 23.4 Å². The molecule has 0 spiro atoms. The number of anilines is 1. The van der Waals surface area contributed by atoms with Gasteiger partial charge in [0, 0.05) is 57.3 Å². The van der Waals surface area contributed by atoms with Crippen LogP contribution < -0.4 is 4.90 Å². The van der Waals surface area contributed by atoms with Gasteiger partial charge in [-0.25, -0.2) is 0 Å². The van der Waals surface area contributed by atoms with Crippen LogP contribution in [0.3, 0.4) is 0 Å². The third kappa shape index (κ3) is 4.90. The summed E-state index contributed by atoms with van der Waals surface area (Å²) in [5.74, 6) is 2.34. The molecule has 0 saturated carbocycles. The fourth-order valence-electron chi connectivity index (χ4n) is 3.41. The normalized spacial score (nSPS) is 22.5. The van der Waals surface area contributed by atoms with Crippen LogP contribution in [0.15, 0.2) is 24.3 Å². The van der Waals surface area contributed by atoms with Crippen molar-refractivity contribution < 1.29 is 9.53 Å². The lowest BCUT2D eigenvalue weighted by Crippen LogP contribution is -2.50. The van der Waals surface area contributed by atoms with Gasteiger partial charge in [-0.15, -0.1) is 0 Å². The van der Waals surface area contributed by atoms with Gasteiger partial charge in [-0.05, 0) is 30.4 Å². The molecule has 1 amide bonds. The second-order valence-corrected chi connectivity index (χ2v) is 8.09. The summed E-state index contributed by atoms with van der Waals surface area (Å²) in [6.07, 6.45) is 1.07. The smallest absolute Gasteiger partial charge is 0.254 e. The molecule has 138 valence electrons. The summed E-state index contributed by atoms with van der Waals surface area (Å²) in [6, 6.07) is 8.25. The van der Waals surface area contributed by atoms with Gasteiger partial charge in [0.25, 0.3) is 5.91 Å². The summed E-state index contributed by atoms with van der Waals surface area (Å²) in [5.41, 5.74) is 1.87. The lowest BCUT2D eigenvalue weighted by atomic mass is 10.1. The first-order valence-electron chi connectivity index (χ1n) is 9.11. The highest BCUT2D eigenvalue weighted by atomic mass is 32.2. The van der Waals surface area contributed by atoms with Crippen LogP contribution in [0.2, 0.25) is 0 Å². The number of rotatable bonds is 4. The highest BCUT2D eigenvalue weighted by Gasteiger charge is 2.28. The molecule has 2 saturated heterocycles. The van der Waals surface area contributed by atoms with Crippen LogP contribution in [0.5, 0.6) is 0 Å². The molecule has 0 N–H and O–H groups in total. The van der Waals surface area contributed by atoms with E-state index in [0.717, 1.165) is 68.6 Å². The average molecular weight is 364 g/mol. The van der Waals surface area contributed by atoms with Gasteiger partial charge in [-0.1, -0.05) is 6.07 Å². The van der Waals surface area contributed by atoms with Gasteiger partial charge < -0.3 is 14.5 Å². The molecular weight excluding hydrogens is 334 g/mol. The monoisotopic (exact) mass is 363 g/mol. The summed E-state index contributed by atoms with van der Waals surface area (Å²) >= 11 is 1.98. The van der Waals surface area contributed by atoms with Gasteiger partial charge in [0.2, 0.25) is 0 Å². The Kier molecular flexibility index (Phi) is 6.62. The lowest BCUT2D eigenvalue weighted by Gasteiger charge is -2.35. The van der Waals surface area contributed by atoms with Crippen LogP contribution in [0.4, 0.5) is 5.69 Å². The van der Waals surface area contributed by atoms with Crippen molar-refractivity contribution in [3.8, 4) is 0 Å². The number of carbonyl (C=O) groups excluding carboxylic acids is 1. The molecule has 2 heterocycles. The predicted molar refractivity (Wildman–Crippen MR) is 105 cm³/mol. The number of ether oxygens (including phenoxy) is 1. The standard InChI is InChI=1S/C19H29N3O2S/c1-20(2)17-6-3-5-16(13-17)19(23)22-7-4-12-25-15-18(22)14-21-8-10-24-11-9-21/h3,5-6,13,18H,4,7-12,14-15H2,1-2H3. The average Bonchev–Trinajstić information content (AvgIpc) is 2.87. The fraction of sp³-hybridized carbons (Fsp3) is 0.632. The molecule has 1 aromatic rings. The molecule has 25 heavy (non-hydrogen) atoms. The maximum absolute atomic E-state index is 13.2. The minimum atomic E-state index is 0.171. The molecule has 0 bridgehead atoms. The van der Waals surface area contributed by atoms with Crippen molar-refractivity contribution in [1.29, 1.82) is 0 Å². The predicted octanol–water partition coefficient (Wildman–Crippen LogP) is 2.03. The van der Waals surface area contributed by atoms with E-state index in [0.29, 0.717) is 0 Å². The maximum Gasteiger partial charge on any atom is 0.254 e. The van der Waals surface area contributed by atoms with Crippen molar-refractivity contribution in [2.24, 2.45) is 0 Å². The second-order valence-electron chi connectivity index (χ2n) is 6.94. The zero-order chi connectivity index (χ0) is 17.6. The quantitative estimate of drug-likeness (QED) is 0.818. The lowest BCUT2D eigenvalue weighted by molar-refractivity contribution is 0.0245. The Balaban J connectivity index is 1.75. The SMILES string of the molecule is CN(C)c1cccc(C(=O)N2CCCSCC2CN2CCOCC2)c1. The fourth-order valence-corrected chi connectivity index (χ4v) is 4.47. The van der Waals surface area contributed by atoms with E-state index >= 15 is 0 Å². The third-order valence-corrected chi connectivity index (χ3v) is 6.08. The second kappa shape index (κ2) is 8.92. The number of benzene rings is 1. The molecule has 2 fully saturated rings. The Labute approximate surface area is 155 Å². The third-order valence-electron chi connectivity index (χ3n) is 4.88. The van der Waals surface area contributed by atoms with E-state index in [1.54, 1.807) is 0 Å². The van der Waals surface area contributed by atoms with Gasteiger partial charge in [0.15, 0.2) is 0 Å². The van der Waals surface area contributed by atoms with E-state index in [2.05, 4.69) is 9.80 Å². The first kappa shape index (κ1) is 18.5. The number of hydrogen-bond acceptors (Lipinski definition) is 5. The Morgan fingerprint density at radius 1 is 1.28 bits per heavy atom. The molecule has 1 atom stereocenters. The topological polar surface area (TPSA) is 36.0 Å². The first-order chi connectivity index (χ1) is 12.1. The zero-order valence-electron chi connectivity index (χ0n) is 15.3. The minimum Gasteiger partial charge on any atom is -0.379 e. The van der Waals surface area contributed by atoms with Crippen molar-refractivity contribution in [3.63, 3.8) is 0 Å². The van der Waals surface area contributed by atoms with Gasteiger partial charge in [0.05, 0.1) is 19.3 Å². The van der Waals surface area contributed by atoms with Crippen LogP contribution in [0.25, 0.3) is 0 Å². The summed E-state index contributed by atoms with van der Waals surface area (Å²) in [5, 5.41) is 0. The van der Waals surface area contributed by atoms with E-state index < -0.39 is 0 Å². The number of morpholine rings is 1. The molecule has 0 aliphatic carbocycles. The van der Waals surface area contributed by atoms with Crippen molar-refractivity contribution in [1.82, 2.24) is 9.80 Å². The highest BCUT2D eigenvalue weighted by Crippen LogP contribution is 2.22. The Hall–Kier alpha value is -1.24. The summed E-state index contributed by atoms with van der Waals surface area (Å²) in [6.45, 7) is 5.36. The highest BCUT2D eigenvalue weighted by molar-refractivity contribution is 7.99. The Morgan fingerprint density at radius 3 is 2.84 bits per heavy atom. The van der Waals surface area contributed by atoms with E-state index in [1.165, 1.54) is 0 Å². The van der Waals surface area contributed by atoms with Crippen LogP contribution in [-0.2, 0) is 4.74 Å². The molecule has 0 aromatic heterocycles. The van der Waals surface area contributed by atoms with E-state index in [-0.39, 0.29) is 11.9 Å². The molecule has 1 aromatic carbocycles. The van der Waals surface area contributed by atoms with E-state index in [4.69, 9.17) is 4.74 Å². The Morgan fingerprint density at radius 2 is 2.08 bits per heavy atom. The largest absolute Gasteiger partial charge is 0.379 e. The Bertz CT molecular complexity index is 576. The number of nitrogens with zero attached hydrogens (tertiary/aromatic N) is 3. The van der Waals surface area contributed by atoms with Crippen molar-refractivity contribution in [2.45, 2.75) is 12.5 Å². The molecule has 0 radical (unpaired) electrons. The maximum atomic E-state index is 13.2. The van der Waals surface area contributed by atoms with E-state index in [1.807, 2.05) is 55.0 Å². The number of hydrogen-bond donors (Lipinski definition) is 0. The van der Waals surface area contributed by atoms with Crippen LogP contribution >= 0.6 is 11.8 Å². The van der Waals surface area contributed by atoms with Gasteiger partial charge in [0.1, 0.15) is 0 Å². The van der Waals surface area contributed by atoms with Crippen molar-refractivity contribution in [2.75, 3.05) is 69.9 Å². The van der Waals surface area contributed by atoms with Crippen LogP contribution in [0, 0.1) is 0 Å². The van der Waals surface area contributed by atoms with E-state index in [9.17, 15) is 4.79 Å². The molecule has 2 aliphatic rings. The van der Waals surface area contributed by atoms with Crippen LogP contribution in [0.1, 0.15) is 16.8 Å². The minimum absolute atomic E-state index is 0.171. The number of thioether (sulfide) groups is 1. The summed E-state index contributed by atoms with van der Waals surface area (Å²) in [4.78, 5) is 19.8. The molecule has 3 rings (SSSR count). The molecule has 6 heteroatoms. The number of amides is 1. The van der Waals surface area contributed by atoms with Gasteiger partial charge in [-0.3, -0.25) is 9.69 Å². The molecule has 5 nitrogen and oxygen atoms in total.